The summed E-state index contributed by atoms with van der Waals surface area (Å²) in [6, 6.07) is 3.96. The predicted octanol–water partition coefficient (Wildman–Crippen LogP) is 3.43. The van der Waals surface area contributed by atoms with Crippen LogP contribution in [0.5, 0.6) is 0 Å². The van der Waals surface area contributed by atoms with Gasteiger partial charge < -0.3 is 5.32 Å². The Morgan fingerprint density at radius 1 is 1.47 bits per heavy atom. The van der Waals surface area contributed by atoms with E-state index in [1.54, 1.807) is 15.9 Å². The highest BCUT2D eigenvalue weighted by atomic mass is 79.9. The fraction of sp³-hybridized carbons (Fsp3) is 0.250. The minimum atomic E-state index is 0.0925. The van der Waals surface area contributed by atoms with Crippen LogP contribution in [0, 0.1) is 6.92 Å². The standard InChI is InChI=1S/C12H12BrN5S/c1-7-6-14-11(19-7)8(2)15-12-16-10-9(13)4-3-5-18(10)17-12/h3-6,8H,1-2H3,(H,15,17). The number of anilines is 1. The number of hydrogen-bond acceptors (Lipinski definition) is 5. The van der Waals surface area contributed by atoms with E-state index < -0.39 is 0 Å². The Balaban J connectivity index is 1.87. The van der Waals surface area contributed by atoms with Crippen molar-refractivity contribution < 1.29 is 0 Å². The average Bonchev–Trinajstić information content (AvgIpc) is 2.96. The number of nitrogens with zero attached hydrogens (tertiary/aromatic N) is 4. The van der Waals surface area contributed by atoms with Crippen LogP contribution in [0.4, 0.5) is 5.95 Å². The van der Waals surface area contributed by atoms with E-state index in [4.69, 9.17) is 0 Å². The molecule has 19 heavy (non-hydrogen) atoms. The number of rotatable bonds is 3. The van der Waals surface area contributed by atoms with Gasteiger partial charge in [-0.05, 0) is 41.9 Å². The fourth-order valence-corrected chi connectivity index (χ4v) is 2.96. The molecule has 0 amide bonds. The summed E-state index contributed by atoms with van der Waals surface area (Å²) in [4.78, 5) is 10.0. The molecule has 0 fully saturated rings. The monoisotopic (exact) mass is 337 g/mol. The molecule has 0 aliphatic rings. The van der Waals surface area contributed by atoms with E-state index in [2.05, 4.69) is 43.2 Å². The van der Waals surface area contributed by atoms with E-state index in [0.717, 1.165) is 15.1 Å². The molecule has 5 nitrogen and oxygen atoms in total. The third-order valence-corrected chi connectivity index (χ3v) is 4.38. The van der Waals surface area contributed by atoms with Gasteiger partial charge in [0.25, 0.3) is 0 Å². The van der Waals surface area contributed by atoms with Gasteiger partial charge in [-0.3, -0.25) is 0 Å². The zero-order chi connectivity index (χ0) is 13.4. The zero-order valence-electron chi connectivity index (χ0n) is 10.5. The fourth-order valence-electron chi connectivity index (χ4n) is 1.76. The number of aromatic nitrogens is 4. The number of nitrogens with one attached hydrogen (secondary N) is 1. The van der Waals surface area contributed by atoms with Crippen molar-refractivity contribution in [2.45, 2.75) is 19.9 Å². The van der Waals surface area contributed by atoms with Crippen molar-refractivity contribution in [3.05, 3.63) is 38.9 Å². The van der Waals surface area contributed by atoms with Crippen molar-refractivity contribution in [1.82, 2.24) is 19.6 Å². The number of thiazole rings is 1. The molecular weight excluding hydrogens is 326 g/mol. The summed E-state index contributed by atoms with van der Waals surface area (Å²) in [5.41, 5.74) is 0.799. The molecule has 0 aromatic carbocycles. The van der Waals surface area contributed by atoms with E-state index in [1.165, 1.54) is 4.88 Å². The van der Waals surface area contributed by atoms with Gasteiger partial charge in [-0.1, -0.05) is 0 Å². The summed E-state index contributed by atoms with van der Waals surface area (Å²) in [5, 5.41) is 8.70. The van der Waals surface area contributed by atoms with Crippen LogP contribution in [0.15, 0.2) is 29.0 Å². The molecule has 3 heterocycles. The second kappa shape index (κ2) is 4.90. The Morgan fingerprint density at radius 2 is 2.32 bits per heavy atom. The van der Waals surface area contributed by atoms with Crippen LogP contribution in [0.1, 0.15) is 22.9 Å². The molecule has 0 saturated carbocycles. The molecule has 0 aliphatic heterocycles. The highest BCUT2D eigenvalue weighted by molar-refractivity contribution is 9.10. The molecule has 3 rings (SSSR count). The second-order valence-corrected chi connectivity index (χ2v) is 6.36. The number of fused-ring (bicyclic) bond motifs is 1. The lowest BCUT2D eigenvalue weighted by atomic mass is 10.4. The summed E-state index contributed by atoms with van der Waals surface area (Å²) >= 11 is 5.14. The van der Waals surface area contributed by atoms with Crippen LogP contribution in [0.3, 0.4) is 0 Å². The van der Waals surface area contributed by atoms with Gasteiger partial charge in [0.05, 0.1) is 10.5 Å². The normalized spacial score (nSPS) is 12.8. The first-order chi connectivity index (χ1) is 9.13. The highest BCUT2D eigenvalue weighted by Crippen LogP contribution is 2.23. The lowest BCUT2D eigenvalue weighted by Gasteiger charge is -2.07. The Kier molecular flexibility index (Phi) is 3.24. The Labute approximate surface area is 122 Å². The lowest BCUT2D eigenvalue weighted by Crippen LogP contribution is -2.07. The summed E-state index contributed by atoms with van der Waals surface area (Å²) in [6.07, 6.45) is 3.75. The summed E-state index contributed by atoms with van der Waals surface area (Å²) in [5.74, 6) is 0.604. The van der Waals surface area contributed by atoms with Gasteiger partial charge in [0.15, 0.2) is 5.65 Å². The maximum absolute atomic E-state index is 4.46. The number of halogens is 1. The van der Waals surface area contributed by atoms with Crippen LogP contribution in [-0.2, 0) is 0 Å². The first-order valence-electron chi connectivity index (χ1n) is 5.83. The van der Waals surface area contributed by atoms with E-state index in [9.17, 15) is 0 Å². The van der Waals surface area contributed by atoms with Crippen LogP contribution in [0.2, 0.25) is 0 Å². The topological polar surface area (TPSA) is 55.1 Å². The largest absolute Gasteiger partial charge is 0.344 e. The summed E-state index contributed by atoms with van der Waals surface area (Å²) in [6.45, 7) is 4.10. The minimum absolute atomic E-state index is 0.0925. The molecule has 98 valence electrons. The lowest BCUT2D eigenvalue weighted by molar-refractivity contribution is 0.842. The van der Waals surface area contributed by atoms with Gasteiger partial charge in [0, 0.05) is 17.3 Å². The Morgan fingerprint density at radius 3 is 3.00 bits per heavy atom. The number of aryl methyl sites for hydroxylation is 1. The van der Waals surface area contributed by atoms with Crippen molar-refractivity contribution in [1.29, 1.82) is 0 Å². The van der Waals surface area contributed by atoms with Crippen LogP contribution < -0.4 is 5.32 Å². The molecule has 0 aliphatic carbocycles. The second-order valence-electron chi connectivity index (χ2n) is 4.23. The summed E-state index contributed by atoms with van der Waals surface area (Å²) < 4.78 is 2.67. The molecule has 0 bridgehead atoms. The molecule has 3 aromatic heterocycles. The molecule has 1 unspecified atom stereocenters. The van der Waals surface area contributed by atoms with Crippen molar-refractivity contribution in [3.63, 3.8) is 0 Å². The zero-order valence-corrected chi connectivity index (χ0v) is 12.9. The maximum Gasteiger partial charge on any atom is 0.243 e. The first kappa shape index (κ1) is 12.6. The van der Waals surface area contributed by atoms with Gasteiger partial charge in [-0.25, -0.2) is 9.50 Å². The van der Waals surface area contributed by atoms with E-state index >= 15 is 0 Å². The smallest absolute Gasteiger partial charge is 0.243 e. The average molecular weight is 338 g/mol. The van der Waals surface area contributed by atoms with E-state index in [1.807, 2.05) is 31.5 Å². The molecule has 0 spiro atoms. The molecule has 0 saturated heterocycles. The molecule has 0 radical (unpaired) electrons. The quantitative estimate of drug-likeness (QED) is 0.795. The minimum Gasteiger partial charge on any atom is -0.344 e. The number of pyridine rings is 1. The SMILES string of the molecule is Cc1cnc(C(C)Nc2nc3c(Br)cccn3n2)s1. The molecular formula is C12H12BrN5S. The molecule has 3 aromatic rings. The Hall–Kier alpha value is -1.47. The van der Waals surface area contributed by atoms with Crippen molar-refractivity contribution in [2.24, 2.45) is 0 Å². The van der Waals surface area contributed by atoms with Gasteiger partial charge in [0.1, 0.15) is 5.01 Å². The highest BCUT2D eigenvalue weighted by Gasteiger charge is 2.13. The maximum atomic E-state index is 4.46. The van der Waals surface area contributed by atoms with Crippen LogP contribution in [0.25, 0.3) is 5.65 Å². The van der Waals surface area contributed by atoms with Crippen molar-refractivity contribution >= 4 is 38.9 Å². The summed E-state index contributed by atoms with van der Waals surface area (Å²) in [7, 11) is 0. The van der Waals surface area contributed by atoms with Gasteiger partial charge >= 0.3 is 0 Å². The third-order valence-electron chi connectivity index (χ3n) is 2.67. The third kappa shape index (κ3) is 2.48. The van der Waals surface area contributed by atoms with E-state index in [0.29, 0.717) is 5.95 Å². The van der Waals surface area contributed by atoms with Crippen molar-refractivity contribution in [3.8, 4) is 0 Å². The van der Waals surface area contributed by atoms with Crippen molar-refractivity contribution in [2.75, 3.05) is 5.32 Å². The van der Waals surface area contributed by atoms with Gasteiger partial charge in [-0.15, -0.1) is 16.4 Å². The number of hydrogen-bond donors (Lipinski definition) is 1. The molecule has 1 atom stereocenters. The van der Waals surface area contributed by atoms with Gasteiger partial charge in [-0.2, -0.15) is 4.98 Å². The molecule has 1 N–H and O–H groups in total. The Bertz CT molecular complexity index is 720. The van der Waals surface area contributed by atoms with E-state index in [-0.39, 0.29) is 6.04 Å². The molecule has 7 heteroatoms. The first-order valence-corrected chi connectivity index (χ1v) is 7.44. The van der Waals surface area contributed by atoms with Crippen LogP contribution in [-0.4, -0.2) is 19.6 Å². The predicted molar refractivity (Wildman–Crippen MR) is 79.6 cm³/mol. The van der Waals surface area contributed by atoms with Gasteiger partial charge in [0.2, 0.25) is 5.95 Å². The van der Waals surface area contributed by atoms with Crippen LogP contribution >= 0.6 is 27.3 Å².